The van der Waals surface area contributed by atoms with E-state index in [2.05, 4.69) is 0 Å². The zero-order valence-electron chi connectivity index (χ0n) is 10.2. The van der Waals surface area contributed by atoms with Crippen LogP contribution in [-0.2, 0) is 0 Å². The molecule has 0 aliphatic heterocycles. The van der Waals surface area contributed by atoms with E-state index in [0.717, 1.165) is 24.2 Å². The number of nitrogens with two attached hydrogens (primary N) is 1. The molecule has 0 aromatic carbocycles. The highest BCUT2D eigenvalue weighted by Gasteiger charge is 2.50. The van der Waals surface area contributed by atoms with Crippen LogP contribution in [0.1, 0.15) is 51.4 Å². The summed E-state index contributed by atoms with van der Waals surface area (Å²) in [7, 11) is 0. The second kappa shape index (κ2) is 3.99. The molecule has 0 aromatic rings. The van der Waals surface area contributed by atoms with Gasteiger partial charge in [0.05, 0.1) is 6.61 Å². The fourth-order valence-electron chi connectivity index (χ4n) is 5.18. The van der Waals surface area contributed by atoms with Crippen molar-refractivity contribution in [2.45, 2.75) is 57.4 Å². The summed E-state index contributed by atoms with van der Waals surface area (Å²) < 4.78 is 0. The van der Waals surface area contributed by atoms with Crippen LogP contribution in [0.5, 0.6) is 0 Å². The van der Waals surface area contributed by atoms with Gasteiger partial charge in [0.25, 0.3) is 0 Å². The van der Waals surface area contributed by atoms with Gasteiger partial charge in [0.1, 0.15) is 0 Å². The topological polar surface area (TPSA) is 46.2 Å². The first-order valence-corrected chi connectivity index (χ1v) is 7.05. The Labute approximate surface area is 98.6 Å². The maximum atomic E-state index is 9.02. The summed E-state index contributed by atoms with van der Waals surface area (Å²) in [5.41, 5.74) is 6.49. The van der Waals surface area contributed by atoms with E-state index in [-0.39, 0.29) is 12.6 Å². The Kier molecular flexibility index (Phi) is 2.75. The summed E-state index contributed by atoms with van der Waals surface area (Å²) >= 11 is 0. The highest BCUT2D eigenvalue weighted by molar-refractivity contribution is 5.01. The van der Waals surface area contributed by atoms with E-state index in [0.29, 0.717) is 5.41 Å². The normalized spacial score (nSPS) is 47.2. The Hall–Kier alpha value is -0.0800. The molecule has 4 rings (SSSR count). The lowest BCUT2D eigenvalue weighted by Crippen LogP contribution is -2.46. The highest BCUT2D eigenvalue weighted by atomic mass is 16.3. The molecule has 3 N–H and O–H groups in total. The Balaban J connectivity index is 1.64. The summed E-state index contributed by atoms with van der Waals surface area (Å²) in [6.45, 7) is 0.159. The van der Waals surface area contributed by atoms with Crippen LogP contribution < -0.4 is 5.73 Å². The van der Waals surface area contributed by atoms with E-state index in [1.165, 1.54) is 44.9 Å². The molecule has 0 amide bonds. The number of aliphatic hydroxyl groups is 1. The average Bonchev–Trinajstić information content (AvgIpc) is 2.24. The molecule has 1 atom stereocenters. The van der Waals surface area contributed by atoms with E-state index < -0.39 is 0 Å². The van der Waals surface area contributed by atoms with E-state index in [4.69, 9.17) is 10.8 Å². The van der Waals surface area contributed by atoms with Gasteiger partial charge < -0.3 is 10.8 Å². The summed E-state index contributed by atoms with van der Waals surface area (Å²) in [6.07, 6.45) is 11.3. The average molecular weight is 223 g/mol. The molecule has 0 heterocycles. The van der Waals surface area contributed by atoms with Gasteiger partial charge in [-0.2, -0.15) is 0 Å². The van der Waals surface area contributed by atoms with Crippen molar-refractivity contribution in [1.82, 2.24) is 0 Å². The lowest BCUT2D eigenvalue weighted by molar-refractivity contribution is -0.0593. The molecule has 0 radical (unpaired) electrons. The van der Waals surface area contributed by atoms with E-state index in [1.807, 2.05) is 0 Å². The maximum Gasteiger partial charge on any atom is 0.0582 e. The van der Waals surface area contributed by atoms with Gasteiger partial charge in [-0.3, -0.25) is 0 Å². The van der Waals surface area contributed by atoms with Crippen LogP contribution in [0, 0.1) is 23.2 Å². The lowest BCUT2D eigenvalue weighted by Gasteiger charge is -2.57. The van der Waals surface area contributed by atoms with Gasteiger partial charge in [0, 0.05) is 6.04 Å². The first-order valence-electron chi connectivity index (χ1n) is 7.05. The van der Waals surface area contributed by atoms with Crippen LogP contribution >= 0.6 is 0 Å². The van der Waals surface area contributed by atoms with Crippen LogP contribution in [0.25, 0.3) is 0 Å². The maximum absolute atomic E-state index is 9.02. The van der Waals surface area contributed by atoms with Crippen LogP contribution in [0.3, 0.4) is 0 Å². The second-order valence-corrected chi connectivity index (χ2v) is 6.90. The minimum Gasteiger partial charge on any atom is -0.395 e. The molecule has 0 aromatic heterocycles. The number of rotatable bonds is 4. The number of hydrogen-bond acceptors (Lipinski definition) is 2. The molecule has 4 bridgehead atoms. The van der Waals surface area contributed by atoms with Crippen molar-refractivity contribution >= 4 is 0 Å². The third kappa shape index (κ3) is 1.91. The number of aliphatic hydroxyl groups excluding tert-OH is 1. The fourth-order valence-corrected chi connectivity index (χ4v) is 5.18. The molecular formula is C14H25NO. The molecule has 1 unspecified atom stereocenters. The van der Waals surface area contributed by atoms with Crippen LogP contribution in [0.15, 0.2) is 0 Å². The van der Waals surface area contributed by atoms with Gasteiger partial charge in [-0.05, 0) is 74.5 Å². The number of hydrogen-bond donors (Lipinski definition) is 2. The molecule has 2 heteroatoms. The monoisotopic (exact) mass is 223 g/mol. The molecular weight excluding hydrogens is 198 g/mol. The molecule has 0 saturated heterocycles. The molecule has 4 fully saturated rings. The predicted molar refractivity (Wildman–Crippen MR) is 64.9 cm³/mol. The van der Waals surface area contributed by atoms with Crippen LogP contribution in [-0.4, -0.2) is 17.8 Å². The van der Waals surface area contributed by atoms with Gasteiger partial charge >= 0.3 is 0 Å². The summed E-state index contributed by atoms with van der Waals surface area (Å²) in [5.74, 6) is 3.12. The third-order valence-corrected chi connectivity index (χ3v) is 5.45. The zero-order chi connectivity index (χ0) is 11.2. The molecule has 0 spiro atoms. The van der Waals surface area contributed by atoms with Crippen LogP contribution in [0.2, 0.25) is 0 Å². The summed E-state index contributed by atoms with van der Waals surface area (Å²) in [6, 6.07) is 0.0213. The minimum absolute atomic E-state index is 0.0213. The SMILES string of the molecule is NC(CO)CCC12CC3CC(CC(C3)C1)C2. The van der Waals surface area contributed by atoms with E-state index in [9.17, 15) is 0 Å². The molecule has 4 aliphatic rings. The standard InChI is InChI=1S/C14H25NO/c15-13(9-16)1-2-14-6-10-3-11(7-14)5-12(4-10)8-14/h10-13,16H,1-9,15H2. The van der Waals surface area contributed by atoms with Gasteiger partial charge in [-0.25, -0.2) is 0 Å². The van der Waals surface area contributed by atoms with Crippen molar-refractivity contribution in [1.29, 1.82) is 0 Å². The van der Waals surface area contributed by atoms with Crippen molar-refractivity contribution < 1.29 is 5.11 Å². The summed E-state index contributed by atoms with van der Waals surface area (Å²) in [4.78, 5) is 0. The van der Waals surface area contributed by atoms with E-state index in [1.54, 1.807) is 0 Å². The highest BCUT2D eigenvalue weighted by Crippen LogP contribution is 2.61. The predicted octanol–water partition coefficient (Wildman–Crippen LogP) is 2.30. The Morgan fingerprint density at radius 2 is 1.56 bits per heavy atom. The van der Waals surface area contributed by atoms with Gasteiger partial charge in [0.15, 0.2) is 0 Å². The zero-order valence-corrected chi connectivity index (χ0v) is 10.2. The first-order chi connectivity index (χ1) is 7.69. The van der Waals surface area contributed by atoms with Gasteiger partial charge in [-0.15, -0.1) is 0 Å². The summed E-state index contributed by atoms with van der Waals surface area (Å²) in [5, 5.41) is 9.02. The van der Waals surface area contributed by atoms with Crippen molar-refractivity contribution in [2.24, 2.45) is 28.9 Å². The van der Waals surface area contributed by atoms with Crippen molar-refractivity contribution in [3.05, 3.63) is 0 Å². The van der Waals surface area contributed by atoms with Crippen molar-refractivity contribution in [2.75, 3.05) is 6.61 Å². The van der Waals surface area contributed by atoms with Crippen molar-refractivity contribution in [3.8, 4) is 0 Å². The largest absolute Gasteiger partial charge is 0.395 e. The molecule has 4 aliphatic carbocycles. The molecule has 16 heavy (non-hydrogen) atoms. The first kappa shape index (κ1) is 11.0. The second-order valence-electron chi connectivity index (χ2n) is 6.90. The van der Waals surface area contributed by atoms with Gasteiger partial charge in [-0.1, -0.05) is 0 Å². The van der Waals surface area contributed by atoms with Crippen LogP contribution in [0.4, 0.5) is 0 Å². The van der Waals surface area contributed by atoms with Gasteiger partial charge in [0.2, 0.25) is 0 Å². The lowest BCUT2D eigenvalue weighted by atomic mass is 9.48. The van der Waals surface area contributed by atoms with E-state index >= 15 is 0 Å². The molecule has 2 nitrogen and oxygen atoms in total. The fraction of sp³-hybridized carbons (Fsp3) is 1.00. The minimum atomic E-state index is 0.0213. The Morgan fingerprint density at radius 3 is 2.00 bits per heavy atom. The molecule has 4 saturated carbocycles. The smallest absolute Gasteiger partial charge is 0.0582 e. The van der Waals surface area contributed by atoms with Crippen molar-refractivity contribution in [3.63, 3.8) is 0 Å². The quantitative estimate of drug-likeness (QED) is 0.768. The third-order valence-electron chi connectivity index (χ3n) is 5.45. The Bertz CT molecular complexity index is 228. The Morgan fingerprint density at radius 1 is 1.06 bits per heavy atom. The molecule has 92 valence electrons.